The summed E-state index contributed by atoms with van der Waals surface area (Å²) in [6, 6.07) is 0. The first-order valence-corrected chi connectivity index (χ1v) is 9.81. The van der Waals surface area contributed by atoms with Gasteiger partial charge in [-0.05, 0) is 31.6 Å². The largest absolute Gasteiger partial charge is 0.357 e. The van der Waals surface area contributed by atoms with E-state index in [2.05, 4.69) is 35.0 Å². The third-order valence-corrected chi connectivity index (χ3v) is 5.80. The maximum absolute atomic E-state index is 14.8. The van der Waals surface area contributed by atoms with Crippen molar-refractivity contribution < 1.29 is 4.39 Å². The van der Waals surface area contributed by atoms with Gasteiger partial charge in [-0.2, -0.15) is 5.10 Å². The fourth-order valence-electron chi connectivity index (χ4n) is 4.09. The van der Waals surface area contributed by atoms with Crippen LogP contribution in [0.3, 0.4) is 0 Å². The maximum Gasteiger partial charge on any atom is 0.187 e. The lowest BCUT2D eigenvalue weighted by Gasteiger charge is -2.35. The molecule has 9 heteroatoms. The van der Waals surface area contributed by atoms with Gasteiger partial charge in [0.1, 0.15) is 18.5 Å². The third kappa shape index (κ3) is 3.14. The van der Waals surface area contributed by atoms with Crippen molar-refractivity contribution in [3.05, 3.63) is 30.4 Å². The van der Waals surface area contributed by atoms with Crippen LogP contribution in [-0.4, -0.2) is 56.8 Å². The molecule has 1 aliphatic carbocycles. The van der Waals surface area contributed by atoms with Crippen molar-refractivity contribution in [2.24, 2.45) is 5.92 Å². The molecule has 146 valence electrons. The summed E-state index contributed by atoms with van der Waals surface area (Å²) in [6.45, 7) is 2.61. The molecule has 28 heavy (non-hydrogen) atoms. The number of aromatic nitrogens is 6. The van der Waals surface area contributed by atoms with Crippen LogP contribution >= 0.6 is 0 Å². The Bertz CT molecular complexity index is 977. The van der Waals surface area contributed by atoms with Crippen LogP contribution in [0.4, 0.5) is 16.0 Å². The fraction of sp³-hybridized carbons (Fsp3) is 0.526. The minimum atomic E-state index is -0.242. The van der Waals surface area contributed by atoms with E-state index in [9.17, 15) is 4.39 Å². The standard InChI is InChI=1S/C19H23FN8/c1-27(19-15(20)16(13-2-3-13)21-10-24-19)9-12-4-6-28(7-5-12)18-14-8-25-26-17(14)22-11-23-18/h8,10-13H,2-7,9H2,1H3,(H,22,23,25,26). The summed E-state index contributed by atoms with van der Waals surface area (Å²) < 4.78 is 14.8. The van der Waals surface area contributed by atoms with Crippen molar-refractivity contribution >= 4 is 22.7 Å². The van der Waals surface area contributed by atoms with Crippen LogP contribution in [0.2, 0.25) is 0 Å². The van der Waals surface area contributed by atoms with Gasteiger partial charge in [-0.15, -0.1) is 0 Å². The second-order valence-corrected chi connectivity index (χ2v) is 7.81. The number of nitrogens with zero attached hydrogens (tertiary/aromatic N) is 7. The summed E-state index contributed by atoms with van der Waals surface area (Å²) in [5.74, 6) is 1.89. The van der Waals surface area contributed by atoms with Gasteiger partial charge >= 0.3 is 0 Å². The van der Waals surface area contributed by atoms with Crippen LogP contribution in [0.15, 0.2) is 18.9 Å². The van der Waals surface area contributed by atoms with Crippen molar-refractivity contribution in [1.29, 1.82) is 0 Å². The molecule has 0 spiro atoms. The second kappa shape index (κ2) is 6.96. The van der Waals surface area contributed by atoms with Crippen LogP contribution in [-0.2, 0) is 0 Å². The molecule has 5 rings (SSSR count). The van der Waals surface area contributed by atoms with Crippen molar-refractivity contribution in [1.82, 2.24) is 30.1 Å². The van der Waals surface area contributed by atoms with Gasteiger partial charge in [0.25, 0.3) is 0 Å². The first-order valence-electron chi connectivity index (χ1n) is 9.81. The molecule has 1 saturated carbocycles. The van der Waals surface area contributed by atoms with E-state index < -0.39 is 0 Å². The normalized spacial score (nSPS) is 18.0. The summed E-state index contributed by atoms with van der Waals surface area (Å²) in [7, 11) is 1.92. The van der Waals surface area contributed by atoms with Gasteiger partial charge in [-0.3, -0.25) is 5.10 Å². The number of aromatic amines is 1. The molecule has 0 unspecified atom stereocenters. The average molecular weight is 382 g/mol. The molecule has 8 nitrogen and oxygen atoms in total. The summed E-state index contributed by atoms with van der Waals surface area (Å²) in [5.41, 5.74) is 1.34. The van der Waals surface area contributed by atoms with Crippen LogP contribution in [0.25, 0.3) is 11.0 Å². The molecule has 4 heterocycles. The highest BCUT2D eigenvalue weighted by Crippen LogP contribution is 2.41. The van der Waals surface area contributed by atoms with E-state index in [4.69, 9.17) is 0 Å². The van der Waals surface area contributed by atoms with Gasteiger partial charge in [0.05, 0.1) is 17.3 Å². The Kier molecular flexibility index (Phi) is 4.29. The van der Waals surface area contributed by atoms with Crippen molar-refractivity contribution in [3.63, 3.8) is 0 Å². The number of fused-ring (bicyclic) bond motifs is 1. The number of halogens is 1. The summed E-state index contributed by atoms with van der Waals surface area (Å²) in [6.07, 6.45) is 8.96. The van der Waals surface area contributed by atoms with E-state index in [0.717, 1.165) is 62.2 Å². The quantitative estimate of drug-likeness (QED) is 0.725. The van der Waals surface area contributed by atoms with Crippen LogP contribution in [0, 0.1) is 11.7 Å². The molecule has 1 N–H and O–H groups in total. The highest BCUT2D eigenvalue weighted by atomic mass is 19.1. The Morgan fingerprint density at radius 3 is 2.68 bits per heavy atom. The van der Waals surface area contributed by atoms with Gasteiger partial charge < -0.3 is 9.80 Å². The summed E-state index contributed by atoms with van der Waals surface area (Å²) in [4.78, 5) is 21.3. The number of H-pyrrole nitrogens is 1. The minimum Gasteiger partial charge on any atom is -0.357 e. The molecule has 1 saturated heterocycles. The first-order chi connectivity index (χ1) is 13.7. The zero-order valence-corrected chi connectivity index (χ0v) is 15.8. The predicted octanol–water partition coefficient (Wildman–Crippen LogP) is 2.51. The second-order valence-electron chi connectivity index (χ2n) is 7.81. The van der Waals surface area contributed by atoms with Gasteiger partial charge in [0, 0.05) is 32.6 Å². The SMILES string of the molecule is CN(CC1CCN(c2ncnc3[nH]ncc23)CC1)c1ncnc(C2CC2)c1F. The van der Waals surface area contributed by atoms with Crippen LogP contribution in [0.5, 0.6) is 0 Å². The lowest BCUT2D eigenvalue weighted by molar-refractivity contribution is 0.405. The molecule has 2 aliphatic rings. The average Bonchev–Trinajstić information content (AvgIpc) is 3.44. The monoisotopic (exact) mass is 382 g/mol. The van der Waals surface area contributed by atoms with Gasteiger partial charge in [-0.1, -0.05) is 0 Å². The fourth-order valence-corrected chi connectivity index (χ4v) is 4.09. The first kappa shape index (κ1) is 17.3. The highest BCUT2D eigenvalue weighted by Gasteiger charge is 2.31. The molecule has 0 bridgehead atoms. The van der Waals surface area contributed by atoms with E-state index in [1.165, 1.54) is 6.33 Å². The maximum atomic E-state index is 14.8. The summed E-state index contributed by atoms with van der Waals surface area (Å²) >= 11 is 0. The molecular formula is C19H23FN8. The number of piperidine rings is 1. The number of nitrogens with one attached hydrogen (secondary N) is 1. The predicted molar refractivity (Wildman–Crippen MR) is 104 cm³/mol. The summed E-state index contributed by atoms with van der Waals surface area (Å²) in [5, 5.41) is 7.91. The minimum absolute atomic E-state index is 0.242. The molecule has 3 aromatic heterocycles. The Morgan fingerprint density at radius 1 is 1.11 bits per heavy atom. The number of anilines is 2. The Morgan fingerprint density at radius 2 is 1.89 bits per heavy atom. The molecule has 2 fully saturated rings. The van der Waals surface area contributed by atoms with Gasteiger partial charge in [0.2, 0.25) is 0 Å². The Labute approximate surface area is 162 Å². The molecule has 0 atom stereocenters. The van der Waals surface area contributed by atoms with Crippen molar-refractivity contribution in [2.75, 3.05) is 36.5 Å². The van der Waals surface area contributed by atoms with E-state index in [-0.39, 0.29) is 11.7 Å². The molecule has 0 aromatic carbocycles. The smallest absolute Gasteiger partial charge is 0.187 e. The Hall–Kier alpha value is -2.84. The van der Waals surface area contributed by atoms with Crippen LogP contribution in [0.1, 0.15) is 37.3 Å². The zero-order valence-electron chi connectivity index (χ0n) is 15.8. The number of hydrogen-bond acceptors (Lipinski definition) is 7. The van der Waals surface area contributed by atoms with E-state index in [1.54, 1.807) is 12.5 Å². The number of hydrogen-bond donors (Lipinski definition) is 1. The number of rotatable bonds is 5. The molecular weight excluding hydrogens is 359 g/mol. The molecule has 0 radical (unpaired) electrons. The van der Waals surface area contributed by atoms with Crippen LogP contribution < -0.4 is 9.80 Å². The van der Waals surface area contributed by atoms with E-state index >= 15 is 0 Å². The molecule has 3 aromatic rings. The molecule has 1 aliphatic heterocycles. The van der Waals surface area contributed by atoms with Crippen molar-refractivity contribution in [3.8, 4) is 0 Å². The van der Waals surface area contributed by atoms with Gasteiger partial charge in [-0.25, -0.2) is 24.3 Å². The van der Waals surface area contributed by atoms with E-state index in [1.807, 2.05) is 11.9 Å². The van der Waals surface area contributed by atoms with E-state index in [0.29, 0.717) is 17.4 Å². The third-order valence-electron chi connectivity index (χ3n) is 5.80. The lowest BCUT2D eigenvalue weighted by atomic mass is 9.96. The Balaban J connectivity index is 1.24. The topological polar surface area (TPSA) is 86.7 Å². The molecule has 0 amide bonds. The van der Waals surface area contributed by atoms with Gasteiger partial charge in [0.15, 0.2) is 17.3 Å². The van der Waals surface area contributed by atoms with Crippen molar-refractivity contribution in [2.45, 2.75) is 31.6 Å². The zero-order chi connectivity index (χ0) is 19.1. The lowest BCUT2D eigenvalue weighted by Crippen LogP contribution is -2.38. The highest BCUT2D eigenvalue weighted by molar-refractivity contribution is 5.86.